The predicted octanol–water partition coefficient (Wildman–Crippen LogP) is 1.65. The molecule has 0 spiro atoms. The Morgan fingerprint density at radius 2 is 2.17 bits per heavy atom. The van der Waals surface area contributed by atoms with Crippen LogP contribution in [0.15, 0.2) is 47.1 Å². The van der Waals surface area contributed by atoms with Gasteiger partial charge < -0.3 is 15.2 Å². The van der Waals surface area contributed by atoms with Crippen molar-refractivity contribution < 1.29 is 19.4 Å². The van der Waals surface area contributed by atoms with Crippen LogP contribution in [0.25, 0.3) is 0 Å². The van der Waals surface area contributed by atoms with Crippen LogP contribution in [-0.2, 0) is 9.59 Å². The molecule has 1 amide bonds. The summed E-state index contributed by atoms with van der Waals surface area (Å²) in [4.78, 5) is 22.1. The van der Waals surface area contributed by atoms with Crippen LogP contribution in [0.2, 0.25) is 0 Å². The minimum absolute atomic E-state index is 0.245. The number of ether oxygens (including phenoxy) is 1. The molecule has 8 heteroatoms. The van der Waals surface area contributed by atoms with E-state index in [0.717, 1.165) is 23.1 Å². The number of rotatable bonds is 7. The Bertz CT molecular complexity index is 655. The zero-order valence-corrected chi connectivity index (χ0v) is 13.0. The molecule has 0 aliphatic carbocycles. The number of benzene rings is 1. The smallest absolute Gasteiger partial charge is 0.305 e. The molecule has 0 saturated carbocycles. The molecule has 0 radical (unpaired) electrons. The van der Waals surface area contributed by atoms with Gasteiger partial charge >= 0.3 is 5.97 Å². The molecule has 1 aliphatic rings. The van der Waals surface area contributed by atoms with Gasteiger partial charge in [0, 0.05) is 0 Å². The number of nitrogens with one attached hydrogen (secondary N) is 1. The van der Waals surface area contributed by atoms with Gasteiger partial charge in [-0.05, 0) is 29.8 Å². The van der Waals surface area contributed by atoms with E-state index in [4.69, 9.17) is 9.84 Å². The Kier molecular flexibility index (Phi) is 5.93. The molecule has 120 valence electrons. The summed E-state index contributed by atoms with van der Waals surface area (Å²) in [7, 11) is 0. The van der Waals surface area contributed by atoms with Crippen molar-refractivity contribution in [2.24, 2.45) is 10.2 Å². The van der Waals surface area contributed by atoms with E-state index in [-0.39, 0.29) is 12.3 Å². The SMILES string of the molecule is C=CCOc1ccc(C=NN=C2NC(=O)C(CC(=O)O)S2)cc1. The van der Waals surface area contributed by atoms with E-state index in [1.807, 2.05) is 12.1 Å². The lowest BCUT2D eigenvalue weighted by molar-refractivity contribution is -0.138. The first-order chi connectivity index (χ1) is 11.1. The molecule has 2 rings (SSSR count). The van der Waals surface area contributed by atoms with Crippen LogP contribution in [0.5, 0.6) is 5.75 Å². The molecule has 7 nitrogen and oxygen atoms in total. The molecule has 1 saturated heterocycles. The Morgan fingerprint density at radius 1 is 1.43 bits per heavy atom. The highest BCUT2D eigenvalue weighted by Crippen LogP contribution is 2.22. The lowest BCUT2D eigenvalue weighted by atomic mass is 10.2. The van der Waals surface area contributed by atoms with Gasteiger partial charge in [0.2, 0.25) is 5.91 Å². The number of carbonyl (C=O) groups is 2. The number of aliphatic carboxylic acids is 1. The second-order valence-electron chi connectivity index (χ2n) is 4.51. The predicted molar refractivity (Wildman–Crippen MR) is 88.9 cm³/mol. The molecule has 1 atom stereocenters. The first kappa shape index (κ1) is 16.8. The first-order valence-corrected chi connectivity index (χ1v) is 7.60. The zero-order valence-electron chi connectivity index (χ0n) is 12.1. The van der Waals surface area contributed by atoms with Crippen molar-refractivity contribution in [2.75, 3.05) is 6.61 Å². The second-order valence-corrected chi connectivity index (χ2v) is 5.70. The van der Waals surface area contributed by atoms with Crippen molar-refractivity contribution in [3.8, 4) is 5.75 Å². The fourth-order valence-electron chi connectivity index (χ4n) is 1.70. The van der Waals surface area contributed by atoms with E-state index in [9.17, 15) is 9.59 Å². The molecule has 0 bridgehead atoms. The molecule has 1 heterocycles. The summed E-state index contributed by atoms with van der Waals surface area (Å²) in [6.07, 6.45) is 2.95. The molecule has 2 N–H and O–H groups in total. The Balaban J connectivity index is 1.92. The highest BCUT2D eigenvalue weighted by molar-refractivity contribution is 8.15. The van der Waals surface area contributed by atoms with Gasteiger partial charge in [-0.3, -0.25) is 9.59 Å². The van der Waals surface area contributed by atoms with Crippen LogP contribution in [0.1, 0.15) is 12.0 Å². The lowest BCUT2D eigenvalue weighted by Crippen LogP contribution is -2.26. The Morgan fingerprint density at radius 3 is 2.83 bits per heavy atom. The quantitative estimate of drug-likeness (QED) is 0.449. The fraction of sp³-hybridized carbons (Fsp3) is 0.200. The lowest BCUT2D eigenvalue weighted by Gasteiger charge is -2.02. The summed E-state index contributed by atoms with van der Waals surface area (Å²) in [5, 5.41) is 18.6. The van der Waals surface area contributed by atoms with Crippen molar-refractivity contribution >= 4 is 35.0 Å². The van der Waals surface area contributed by atoms with Gasteiger partial charge in [0.15, 0.2) is 5.17 Å². The maximum Gasteiger partial charge on any atom is 0.305 e. The number of hydrogen-bond acceptors (Lipinski definition) is 6. The minimum Gasteiger partial charge on any atom is -0.490 e. The molecule has 1 fully saturated rings. The van der Waals surface area contributed by atoms with Crippen molar-refractivity contribution in [3.05, 3.63) is 42.5 Å². The maximum absolute atomic E-state index is 11.5. The molecule has 1 aromatic rings. The van der Waals surface area contributed by atoms with E-state index in [1.54, 1.807) is 18.2 Å². The average Bonchev–Trinajstić information content (AvgIpc) is 2.86. The molecule has 1 unspecified atom stereocenters. The highest BCUT2D eigenvalue weighted by atomic mass is 32.2. The third kappa shape index (κ3) is 5.26. The van der Waals surface area contributed by atoms with Crippen molar-refractivity contribution in [3.63, 3.8) is 0 Å². The monoisotopic (exact) mass is 333 g/mol. The molecular formula is C15H15N3O4S. The largest absolute Gasteiger partial charge is 0.490 e. The second kappa shape index (κ2) is 8.14. The maximum atomic E-state index is 11.5. The molecule has 1 aliphatic heterocycles. The van der Waals surface area contributed by atoms with Crippen LogP contribution in [0, 0.1) is 0 Å². The number of nitrogens with zero attached hydrogens (tertiary/aromatic N) is 2. The van der Waals surface area contributed by atoms with Gasteiger partial charge in [-0.1, -0.05) is 24.4 Å². The molecule has 23 heavy (non-hydrogen) atoms. The summed E-state index contributed by atoms with van der Waals surface area (Å²) in [6, 6.07) is 7.23. The van der Waals surface area contributed by atoms with E-state index < -0.39 is 11.2 Å². The van der Waals surface area contributed by atoms with E-state index in [1.165, 1.54) is 6.21 Å². The van der Waals surface area contributed by atoms with Crippen LogP contribution in [-0.4, -0.2) is 40.2 Å². The summed E-state index contributed by atoms with van der Waals surface area (Å²) < 4.78 is 5.36. The van der Waals surface area contributed by atoms with Crippen molar-refractivity contribution in [2.45, 2.75) is 11.7 Å². The zero-order chi connectivity index (χ0) is 16.7. The van der Waals surface area contributed by atoms with E-state index in [2.05, 4.69) is 22.1 Å². The van der Waals surface area contributed by atoms with Crippen LogP contribution < -0.4 is 10.1 Å². The topological polar surface area (TPSA) is 100 Å². The number of carboxylic acid groups (broad SMARTS) is 1. The third-order valence-corrected chi connectivity index (χ3v) is 3.81. The van der Waals surface area contributed by atoms with Gasteiger partial charge in [0.05, 0.1) is 12.6 Å². The van der Waals surface area contributed by atoms with E-state index >= 15 is 0 Å². The minimum atomic E-state index is -1.03. The van der Waals surface area contributed by atoms with Crippen LogP contribution >= 0.6 is 11.8 Å². The van der Waals surface area contributed by atoms with Gasteiger partial charge in [0.1, 0.15) is 17.6 Å². The first-order valence-electron chi connectivity index (χ1n) is 6.72. The Labute approximate surface area is 137 Å². The number of carboxylic acids is 1. The standard InChI is InChI=1S/C15H15N3O4S/c1-2-7-22-11-5-3-10(4-6-11)9-16-18-15-17-14(21)12(23-15)8-13(19)20/h2-6,9,12H,1,7-8H2,(H,19,20)(H,17,18,21). The van der Waals surface area contributed by atoms with Crippen LogP contribution in [0.3, 0.4) is 0 Å². The summed E-state index contributed by atoms with van der Waals surface area (Å²) in [6.45, 7) is 4.01. The van der Waals surface area contributed by atoms with Crippen molar-refractivity contribution in [1.82, 2.24) is 5.32 Å². The van der Waals surface area contributed by atoms with Crippen molar-refractivity contribution in [1.29, 1.82) is 0 Å². The van der Waals surface area contributed by atoms with Crippen LogP contribution in [0.4, 0.5) is 0 Å². The number of amidine groups is 1. The number of hydrogen-bond donors (Lipinski definition) is 2. The van der Waals surface area contributed by atoms with Gasteiger partial charge in [-0.15, -0.1) is 5.10 Å². The normalized spacial score (nSPS) is 19.0. The fourth-order valence-corrected chi connectivity index (χ4v) is 2.61. The molecular weight excluding hydrogens is 318 g/mol. The van der Waals surface area contributed by atoms with Gasteiger partial charge in [-0.25, -0.2) is 0 Å². The number of amides is 1. The average molecular weight is 333 g/mol. The number of carbonyl (C=O) groups excluding carboxylic acids is 1. The van der Waals surface area contributed by atoms with Gasteiger partial charge in [-0.2, -0.15) is 5.10 Å². The number of thioether (sulfide) groups is 1. The Hall–Kier alpha value is -2.61. The molecule has 1 aromatic carbocycles. The highest BCUT2D eigenvalue weighted by Gasteiger charge is 2.32. The summed E-state index contributed by atoms with van der Waals surface area (Å²) in [5.74, 6) is -0.667. The van der Waals surface area contributed by atoms with Gasteiger partial charge in [0.25, 0.3) is 0 Å². The van der Waals surface area contributed by atoms with E-state index in [0.29, 0.717) is 11.8 Å². The third-order valence-electron chi connectivity index (χ3n) is 2.74. The summed E-state index contributed by atoms with van der Waals surface area (Å²) in [5.41, 5.74) is 0.816. The molecule has 0 aromatic heterocycles. The summed E-state index contributed by atoms with van der Waals surface area (Å²) >= 11 is 1.06.